The van der Waals surface area contributed by atoms with Crippen LogP contribution in [0.15, 0.2) is 18.2 Å². The quantitative estimate of drug-likeness (QED) is 0.896. The largest absolute Gasteiger partial charge is 0.481 e. The fourth-order valence-corrected chi connectivity index (χ4v) is 2.72. The zero-order chi connectivity index (χ0) is 14.9. The van der Waals surface area contributed by atoms with Gasteiger partial charge in [-0.3, -0.25) is 9.59 Å². The van der Waals surface area contributed by atoms with Gasteiger partial charge in [-0.15, -0.1) is 0 Å². The van der Waals surface area contributed by atoms with Crippen molar-refractivity contribution in [3.05, 3.63) is 29.8 Å². The number of hydrogen-bond donors (Lipinski definition) is 2. The Morgan fingerprint density at radius 1 is 1.15 bits per heavy atom. The van der Waals surface area contributed by atoms with E-state index >= 15 is 0 Å². The molecule has 0 aromatic heterocycles. The van der Waals surface area contributed by atoms with Gasteiger partial charge in [0.2, 0.25) is 5.91 Å². The molecule has 1 aromatic carbocycles. The van der Waals surface area contributed by atoms with Crippen molar-refractivity contribution in [2.24, 2.45) is 17.8 Å². The van der Waals surface area contributed by atoms with Crippen molar-refractivity contribution in [1.82, 2.24) is 0 Å². The molecule has 1 aliphatic rings. The molecule has 1 amide bonds. The Labute approximate surface area is 114 Å². The van der Waals surface area contributed by atoms with Crippen molar-refractivity contribution in [3.63, 3.8) is 0 Å². The van der Waals surface area contributed by atoms with Crippen LogP contribution >= 0.6 is 0 Å². The highest BCUT2D eigenvalue weighted by Crippen LogP contribution is 2.37. The topological polar surface area (TPSA) is 66.4 Å². The molecule has 0 heterocycles. The number of nitrogens with one attached hydrogen (secondary N) is 1. The molecule has 1 saturated carbocycles. The first kappa shape index (κ1) is 14.4. The van der Waals surface area contributed by atoms with Gasteiger partial charge in [-0.25, -0.2) is 8.78 Å². The Bertz CT molecular complexity index is 527. The zero-order valence-electron chi connectivity index (χ0n) is 10.9. The number of aliphatic carboxylic acids is 1. The third kappa shape index (κ3) is 3.12. The summed E-state index contributed by atoms with van der Waals surface area (Å²) < 4.78 is 26.1. The van der Waals surface area contributed by atoms with Crippen LogP contribution in [-0.2, 0) is 9.59 Å². The summed E-state index contributed by atoms with van der Waals surface area (Å²) in [6.45, 7) is 1.88. The molecule has 3 atom stereocenters. The third-order valence-electron chi connectivity index (χ3n) is 3.58. The van der Waals surface area contributed by atoms with E-state index in [2.05, 4.69) is 5.32 Å². The van der Waals surface area contributed by atoms with E-state index in [0.717, 1.165) is 12.1 Å². The van der Waals surface area contributed by atoms with E-state index in [0.29, 0.717) is 18.9 Å². The normalized spacial score (nSPS) is 25.4. The predicted octanol–water partition coefficient (Wildman–Crippen LogP) is 2.65. The molecular formula is C14H15F2NO3. The molecule has 1 aliphatic carbocycles. The van der Waals surface area contributed by atoms with Gasteiger partial charge >= 0.3 is 5.97 Å². The summed E-state index contributed by atoms with van der Waals surface area (Å²) >= 11 is 0. The van der Waals surface area contributed by atoms with Gasteiger partial charge in [0.05, 0.1) is 11.8 Å². The van der Waals surface area contributed by atoms with E-state index in [1.54, 1.807) is 0 Å². The molecule has 1 fully saturated rings. The molecule has 2 N–H and O–H groups in total. The number of hydrogen-bond acceptors (Lipinski definition) is 2. The van der Waals surface area contributed by atoms with Gasteiger partial charge in [0.1, 0.15) is 11.6 Å². The van der Waals surface area contributed by atoms with E-state index in [-0.39, 0.29) is 11.6 Å². The van der Waals surface area contributed by atoms with Gasteiger partial charge in [0.15, 0.2) is 0 Å². The van der Waals surface area contributed by atoms with Gasteiger partial charge < -0.3 is 10.4 Å². The van der Waals surface area contributed by atoms with Crippen LogP contribution in [0.2, 0.25) is 0 Å². The number of halogens is 2. The van der Waals surface area contributed by atoms with Crippen LogP contribution in [0.3, 0.4) is 0 Å². The van der Waals surface area contributed by atoms with Gasteiger partial charge in [0, 0.05) is 11.8 Å². The van der Waals surface area contributed by atoms with Crippen LogP contribution in [0, 0.1) is 29.4 Å². The number of rotatable bonds is 3. The molecule has 1 aromatic rings. The lowest BCUT2D eigenvalue weighted by Crippen LogP contribution is -2.30. The lowest BCUT2D eigenvalue weighted by atomic mass is 9.95. The minimum absolute atomic E-state index is 0.00353. The second-order valence-electron chi connectivity index (χ2n) is 5.28. The zero-order valence-corrected chi connectivity index (χ0v) is 10.9. The second kappa shape index (κ2) is 5.56. The molecular weight excluding hydrogens is 268 g/mol. The molecule has 0 bridgehead atoms. The predicted molar refractivity (Wildman–Crippen MR) is 68.0 cm³/mol. The summed E-state index contributed by atoms with van der Waals surface area (Å²) in [5, 5.41) is 11.5. The number of benzene rings is 1. The number of carboxylic acids is 1. The summed E-state index contributed by atoms with van der Waals surface area (Å²) in [6.07, 6.45) is 0.894. The van der Waals surface area contributed by atoms with Crippen LogP contribution < -0.4 is 5.32 Å². The lowest BCUT2D eigenvalue weighted by molar-refractivity contribution is -0.145. The fraction of sp³-hybridized carbons (Fsp3) is 0.429. The van der Waals surface area contributed by atoms with Gasteiger partial charge in [-0.05, 0) is 30.9 Å². The fourth-order valence-electron chi connectivity index (χ4n) is 2.72. The van der Waals surface area contributed by atoms with Crippen molar-refractivity contribution in [3.8, 4) is 0 Å². The van der Waals surface area contributed by atoms with Crippen LogP contribution in [0.1, 0.15) is 19.8 Å². The highest BCUT2D eigenvalue weighted by atomic mass is 19.1. The summed E-state index contributed by atoms with van der Waals surface area (Å²) in [6, 6.07) is 2.69. The Balaban J connectivity index is 2.13. The van der Waals surface area contributed by atoms with Crippen molar-refractivity contribution in [2.75, 3.05) is 5.32 Å². The second-order valence-corrected chi connectivity index (χ2v) is 5.28. The molecule has 1 unspecified atom stereocenters. The van der Waals surface area contributed by atoms with E-state index in [4.69, 9.17) is 5.11 Å². The standard InChI is InChI=1S/C14H15F2NO3/c1-7-2-11(12(3-7)14(19)20)13(18)17-10-5-8(15)4-9(16)6-10/h4-7,11-12H,2-3H2,1H3,(H,17,18)(H,19,20)/t7?,11-,12+/m0/s1. The highest BCUT2D eigenvalue weighted by molar-refractivity contribution is 5.95. The first-order chi connectivity index (χ1) is 9.36. The summed E-state index contributed by atoms with van der Waals surface area (Å²) in [5.74, 6) is -4.40. The molecule has 2 rings (SSSR count). The van der Waals surface area contributed by atoms with Crippen molar-refractivity contribution in [2.45, 2.75) is 19.8 Å². The Kier molecular flexibility index (Phi) is 4.01. The summed E-state index contributed by atoms with van der Waals surface area (Å²) in [4.78, 5) is 23.2. The van der Waals surface area contributed by atoms with Crippen molar-refractivity contribution >= 4 is 17.6 Å². The third-order valence-corrected chi connectivity index (χ3v) is 3.58. The van der Waals surface area contributed by atoms with E-state index < -0.39 is 35.3 Å². The Hall–Kier alpha value is -1.98. The monoisotopic (exact) mass is 283 g/mol. The number of carbonyl (C=O) groups excluding carboxylic acids is 1. The Morgan fingerprint density at radius 2 is 1.70 bits per heavy atom. The smallest absolute Gasteiger partial charge is 0.307 e. The maximum atomic E-state index is 13.0. The molecule has 108 valence electrons. The van der Waals surface area contributed by atoms with Crippen LogP contribution in [0.5, 0.6) is 0 Å². The maximum absolute atomic E-state index is 13.0. The molecule has 6 heteroatoms. The first-order valence-electron chi connectivity index (χ1n) is 6.36. The minimum atomic E-state index is -1.01. The van der Waals surface area contributed by atoms with Crippen molar-refractivity contribution < 1.29 is 23.5 Å². The van der Waals surface area contributed by atoms with E-state index in [1.807, 2.05) is 6.92 Å². The molecule has 0 spiro atoms. The molecule has 0 radical (unpaired) electrons. The number of anilines is 1. The summed E-state index contributed by atoms with van der Waals surface area (Å²) in [5.41, 5.74) is -0.00353. The molecule has 20 heavy (non-hydrogen) atoms. The minimum Gasteiger partial charge on any atom is -0.481 e. The molecule has 0 saturated heterocycles. The van der Waals surface area contributed by atoms with Crippen LogP contribution in [-0.4, -0.2) is 17.0 Å². The van der Waals surface area contributed by atoms with Gasteiger partial charge in [-0.2, -0.15) is 0 Å². The van der Waals surface area contributed by atoms with Crippen LogP contribution in [0.4, 0.5) is 14.5 Å². The number of carbonyl (C=O) groups is 2. The highest BCUT2D eigenvalue weighted by Gasteiger charge is 2.41. The SMILES string of the molecule is CC1C[C@H](C(=O)Nc2cc(F)cc(F)c2)[C@H](C(=O)O)C1. The van der Waals surface area contributed by atoms with E-state index in [1.165, 1.54) is 0 Å². The number of carboxylic acid groups (broad SMARTS) is 1. The average Bonchev–Trinajstić information content (AvgIpc) is 2.70. The van der Waals surface area contributed by atoms with Gasteiger partial charge in [0.25, 0.3) is 0 Å². The maximum Gasteiger partial charge on any atom is 0.307 e. The summed E-state index contributed by atoms with van der Waals surface area (Å²) in [7, 11) is 0. The van der Waals surface area contributed by atoms with Gasteiger partial charge in [-0.1, -0.05) is 6.92 Å². The van der Waals surface area contributed by atoms with Crippen LogP contribution in [0.25, 0.3) is 0 Å². The number of amides is 1. The Morgan fingerprint density at radius 3 is 2.25 bits per heavy atom. The first-order valence-corrected chi connectivity index (χ1v) is 6.36. The lowest BCUT2D eigenvalue weighted by Gasteiger charge is -2.15. The average molecular weight is 283 g/mol. The molecule has 0 aliphatic heterocycles. The van der Waals surface area contributed by atoms with E-state index in [9.17, 15) is 18.4 Å². The molecule has 4 nitrogen and oxygen atoms in total. The van der Waals surface area contributed by atoms with Crippen molar-refractivity contribution in [1.29, 1.82) is 0 Å².